The Balaban J connectivity index is 3.42. The molecule has 0 aromatic rings. The van der Waals surface area contributed by atoms with E-state index in [-0.39, 0.29) is 6.42 Å². The molecule has 0 fully saturated rings. The van der Waals surface area contributed by atoms with Gasteiger partial charge in [0, 0.05) is 18.2 Å². The molecule has 0 aromatic carbocycles. The zero-order valence-corrected chi connectivity index (χ0v) is 9.47. The molecule has 0 aromatic heterocycles. The molecular weight excluding hydrogens is 211 g/mol. The summed E-state index contributed by atoms with van der Waals surface area (Å²) in [6.07, 6.45) is -1.56. The standard InChI is InChI=1S/C9H18F3NS/c1-3-8(7-14-2)13-6-4-5-9(10,11)12/h8,13H,3-7H2,1-2H3. The topological polar surface area (TPSA) is 12.0 Å². The zero-order valence-electron chi connectivity index (χ0n) is 8.66. The van der Waals surface area contributed by atoms with Crippen molar-refractivity contribution in [2.24, 2.45) is 0 Å². The molecule has 86 valence electrons. The van der Waals surface area contributed by atoms with Crippen LogP contribution >= 0.6 is 11.8 Å². The van der Waals surface area contributed by atoms with Gasteiger partial charge in [0.05, 0.1) is 0 Å². The van der Waals surface area contributed by atoms with Crippen molar-refractivity contribution >= 4 is 11.8 Å². The molecule has 1 N–H and O–H groups in total. The molecule has 1 unspecified atom stereocenters. The molecule has 0 spiro atoms. The summed E-state index contributed by atoms with van der Waals surface area (Å²) in [5.41, 5.74) is 0. The summed E-state index contributed by atoms with van der Waals surface area (Å²) in [6.45, 7) is 2.50. The van der Waals surface area contributed by atoms with Crippen LogP contribution < -0.4 is 5.32 Å². The Morgan fingerprint density at radius 1 is 1.36 bits per heavy atom. The van der Waals surface area contributed by atoms with Crippen molar-refractivity contribution in [2.75, 3.05) is 18.6 Å². The highest BCUT2D eigenvalue weighted by Crippen LogP contribution is 2.20. The molecule has 0 aliphatic carbocycles. The van der Waals surface area contributed by atoms with E-state index in [9.17, 15) is 13.2 Å². The third kappa shape index (κ3) is 8.69. The van der Waals surface area contributed by atoms with E-state index in [1.165, 1.54) is 0 Å². The maximum Gasteiger partial charge on any atom is 0.389 e. The van der Waals surface area contributed by atoms with Gasteiger partial charge in [0.2, 0.25) is 0 Å². The van der Waals surface area contributed by atoms with Crippen LogP contribution in [0.2, 0.25) is 0 Å². The van der Waals surface area contributed by atoms with Crippen LogP contribution in [0.4, 0.5) is 13.2 Å². The molecule has 0 aliphatic rings. The minimum atomic E-state index is -4.01. The number of hydrogen-bond donors (Lipinski definition) is 1. The van der Waals surface area contributed by atoms with Gasteiger partial charge in [-0.25, -0.2) is 0 Å². The van der Waals surface area contributed by atoms with Crippen molar-refractivity contribution in [1.29, 1.82) is 0 Å². The smallest absolute Gasteiger partial charge is 0.313 e. The Morgan fingerprint density at radius 2 is 2.00 bits per heavy atom. The highest BCUT2D eigenvalue weighted by atomic mass is 32.2. The molecule has 0 saturated heterocycles. The Morgan fingerprint density at radius 3 is 2.43 bits per heavy atom. The third-order valence-electron chi connectivity index (χ3n) is 1.93. The first kappa shape index (κ1) is 14.1. The van der Waals surface area contributed by atoms with E-state index in [0.717, 1.165) is 12.2 Å². The first-order valence-electron chi connectivity index (χ1n) is 4.78. The van der Waals surface area contributed by atoms with Crippen LogP contribution in [-0.2, 0) is 0 Å². The van der Waals surface area contributed by atoms with Crippen molar-refractivity contribution in [3.8, 4) is 0 Å². The quantitative estimate of drug-likeness (QED) is 0.673. The van der Waals surface area contributed by atoms with Gasteiger partial charge in [0.25, 0.3) is 0 Å². The lowest BCUT2D eigenvalue weighted by molar-refractivity contribution is -0.135. The van der Waals surface area contributed by atoms with Gasteiger partial charge in [-0.1, -0.05) is 6.92 Å². The molecule has 1 atom stereocenters. The second kappa shape index (κ2) is 7.40. The molecule has 14 heavy (non-hydrogen) atoms. The van der Waals surface area contributed by atoms with E-state index in [1.54, 1.807) is 11.8 Å². The predicted octanol–water partition coefficient (Wildman–Crippen LogP) is 3.06. The van der Waals surface area contributed by atoms with E-state index in [0.29, 0.717) is 12.6 Å². The number of alkyl halides is 3. The largest absolute Gasteiger partial charge is 0.389 e. The van der Waals surface area contributed by atoms with Crippen LogP contribution in [0.15, 0.2) is 0 Å². The summed E-state index contributed by atoms with van der Waals surface area (Å²) in [4.78, 5) is 0. The van der Waals surface area contributed by atoms with Gasteiger partial charge in [0.15, 0.2) is 0 Å². The second-order valence-electron chi connectivity index (χ2n) is 3.23. The first-order valence-corrected chi connectivity index (χ1v) is 6.18. The minimum absolute atomic E-state index is 0.175. The van der Waals surface area contributed by atoms with Crippen molar-refractivity contribution in [3.63, 3.8) is 0 Å². The fourth-order valence-corrected chi connectivity index (χ4v) is 1.87. The number of rotatable bonds is 7. The number of hydrogen-bond acceptors (Lipinski definition) is 2. The molecule has 0 radical (unpaired) electrons. The summed E-state index contributed by atoms with van der Waals surface area (Å²) in [6, 6.07) is 0.346. The SMILES string of the molecule is CCC(CSC)NCCCC(F)(F)F. The molecule has 0 heterocycles. The van der Waals surface area contributed by atoms with Gasteiger partial charge in [-0.15, -0.1) is 0 Å². The van der Waals surface area contributed by atoms with E-state index < -0.39 is 12.6 Å². The summed E-state index contributed by atoms with van der Waals surface area (Å²) in [7, 11) is 0. The number of nitrogens with one attached hydrogen (secondary N) is 1. The normalized spacial score (nSPS) is 14.4. The van der Waals surface area contributed by atoms with Crippen molar-refractivity contribution in [2.45, 2.75) is 38.4 Å². The Labute approximate surface area is 87.8 Å². The minimum Gasteiger partial charge on any atom is -0.313 e. The predicted molar refractivity (Wildman–Crippen MR) is 55.8 cm³/mol. The van der Waals surface area contributed by atoms with Crippen LogP contribution in [0.25, 0.3) is 0 Å². The van der Waals surface area contributed by atoms with Gasteiger partial charge in [-0.2, -0.15) is 24.9 Å². The molecule has 5 heteroatoms. The second-order valence-corrected chi connectivity index (χ2v) is 4.14. The Kier molecular flexibility index (Phi) is 7.45. The highest BCUT2D eigenvalue weighted by Gasteiger charge is 2.25. The molecule has 0 saturated carbocycles. The van der Waals surface area contributed by atoms with Gasteiger partial charge in [0.1, 0.15) is 0 Å². The average Bonchev–Trinajstić information content (AvgIpc) is 2.08. The maximum atomic E-state index is 11.8. The van der Waals surface area contributed by atoms with E-state index in [2.05, 4.69) is 5.32 Å². The summed E-state index contributed by atoms with van der Waals surface area (Å²) in [5, 5.41) is 3.12. The molecule has 0 aliphatic heterocycles. The van der Waals surface area contributed by atoms with E-state index in [4.69, 9.17) is 0 Å². The number of halogens is 3. The summed E-state index contributed by atoms with van der Waals surface area (Å²) in [5.74, 6) is 0.961. The fraction of sp³-hybridized carbons (Fsp3) is 1.00. The van der Waals surface area contributed by atoms with Gasteiger partial charge in [-0.05, 0) is 25.6 Å². The fourth-order valence-electron chi connectivity index (χ4n) is 1.12. The highest BCUT2D eigenvalue weighted by molar-refractivity contribution is 7.98. The Hall–Kier alpha value is 0.100. The van der Waals surface area contributed by atoms with Crippen LogP contribution in [0, 0.1) is 0 Å². The van der Waals surface area contributed by atoms with Crippen LogP contribution in [0.5, 0.6) is 0 Å². The summed E-state index contributed by atoms with van der Waals surface area (Å²) >= 11 is 1.71. The molecular formula is C9H18F3NS. The molecule has 0 amide bonds. The van der Waals surface area contributed by atoms with E-state index in [1.807, 2.05) is 13.2 Å². The molecule has 0 rings (SSSR count). The van der Waals surface area contributed by atoms with Crippen LogP contribution in [-0.4, -0.2) is 30.8 Å². The van der Waals surface area contributed by atoms with Crippen molar-refractivity contribution in [3.05, 3.63) is 0 Å². The molecule has 0 bridgehead atoms. The van der Waals surface area contributed by atoms with Crippen molar-refractivity contribution < 1.29 is 13.2 Å². The first-order chi connectivity index (χ1) is 6.49. The molecule has 1 nitrogen and oxygen atoms in total. The lowest BCUT2D eigenvalue weighted by Gasteiger charge is -2.15. The monoisotopic (exact) mass is 229 g/mol. The van der Waals surface area contributed by atoms with Gasteiger partial charge in [-0.3, -0.25) is 0 Å². The lowest BCUT2D eigenvalue weighted by atomic mass is 10.2. The van der Waals surface area contributed by atoms with Crippen molar-refractivity contribution in [1.82, 2.24) is 5.32 Å². The maximum absolute atomic E-state index is 11.8. The summed E-state index contributed by atoms with van der Waals surface area (Å²) < 4.78 is 35.3. The van der Waals surface area contributed by atoms with Crippen LogP contribution in [0.3, 0.4) is 0 Å². The average molecular weight is 229 g/mol. The Bertz CT molecular complexity index is 139. The van der Waals surface area contributed by atoms with Crippen LogP contribution in [0.1, 0.15) is 26.2 Å². The number of thioether (sulfide) groups is 1. The van der Waals surface area contributed by atoms with E-state index >= 15 is 0 Å². The van der Waals surface area contributed by atoms with Gasteiger partial charge >= 0.3 is 6.18 Å². The van der Waals surface area contributed by atoms with Gasteiger partial charge < -0.3 is 5.32 Å². The third-order valence-corrected chi connectivity index (χ3v) is 2.67. The lowest BCUT2D eigenvalue weighted by Crippen LogP contribution is -2.32. The zero-order chi connectivity index (χ0) is 11.0.